The van der Waals surface area contributed by atoms with Crippen LogP contribution in [0.3, 0.4) is 0 Å². The number of carbonyl (C=O) groups excluding carboxylic acids is 2. The third-order valence-corrected chi connectivity index (χ3v) is 5.81. The van der Waals surface area contributed by atoms with Crippen molar-refractivity contribution >= 4 is 29.3 Å². The molecule has 0 spiro atoms. The van der Waals surface area contributed by atoms with Gasteiger partial charge in [-0.05, 0) is 50.0 Å². The monoisotopic (exact) mass is 440 g/mol. The van der Waals surface area contributed by atoms with Crippen LogP contribution in [-0.2, 0) is 19.1 Å². The number of Topliss-reactive ketones (excluding diaryl/α,β-unsaturated/α-hetero) is 1. The van der Waals surface area contributed by atoms with Crippen LogP contribution in [0.4, 0.5) is 0 Å². The van der Waals surface area contributed by atoms with Crippen molar-refractivity contribution in [1.29, 1.82) is 0 Å². The Hall–Kier alpha value is -1.62. The minimum Gasteiger partial charge on any atom is -0.481 e. The quantitative estimate of drug-likeness (QED) is 0.197. The van der Waals surface area contributed by atoms with Crippen LogP contribution in [-0.4, -0.2) is 28.4 Å². The van der Waals surface area contributed by atoms with Crippen molar-refractivity contribution in [3.05, 3.63) is 22.8 Å². The summed E-state index contributed by atoms with van der Waals surface area (Å²) < 4.78 is 5.69. The fraction of sp³-hybridized carbons (Fsp3) is 0.708. The third kappa shape index (κ3) is 9.03. The number of ketones is 1. The van der Waals surface area contributed by atoms with Crippen LogP contribution in [0.25, 0.3) is 0 Å². The molecule has 6 heteroatoms. The van der Waals surface area contributed by atoms with Crippen LogP contribution < -0.4 is 0 Å². The molecule has 1 aliphatic rings. The SMILES string of the molecule is CC(=O)OC1(CCC(C)CCCC(C)C)C=C(Cl)C(=O)C1=CCCCCCC(=O)O. The molecule has 5 nitrogen and oxygen atoms in total. The molecule has 0 heterocycles. The van der Waals surface area contributed by atoms with Crippen molar-refractivity contribution in [2.75, 3.05) is 0 Å². The van der Waals surface area contributed by atoms with E-state index in [0.717, 1.165) is 32.1 Å². The molecule has 0 radical (unpaired) electrons. The normalized spacial score (nSPS) is 21.2. The summed E-state index contributed by atoms with van der Waals surface area (Å²) in [6, 6.07) is 0. The van der Waals surface area contributed by atoms with Gasteiger partial charge >= 0.3 is 11.9 Å². The molecule has 0 aromatic heterocycles. The highest BCUT2D eigenvalue weighted by molar-refractivity contribution is 6.46. The lowest BCUT2D eigenvalue weighted by atomic mass is 9.85. The molecule has 1 N–H and O–H groups in total. The van der Waals surface area contributed by atoms with Crippen LogP contribution in [0, 0.1) is 11.8 Å². The number of carbonyl (C=O) groups is 3. The first-order valence-electron chi connectivity index (χ1n) is 11.1. The smallest absolute Gasteiger partial charge is 0.303 e. The minimum absolute atomic E-state index is 0.0980. The van der Waals surface area contributed by atoms with Gasteiger partial charge in [-0.2, -0.15) is 0 Å². The van der Waals surface area contributed by atoms with Gasteiger partial charge in [0.1, 0.15) is 0 Å². The number of carboxylic acid groups (broad SMARTS) is 1. The molecular formula is C24H37ClO5. The molecule has 0 saturated carbocycles. The number of rotatable bonds is 14. The summed E-state index contributed by atoms with van der Waals surface area (Å²) in [5, 5.41) is 8.82. The largest absolute Gasteiger partial charge is 0.481 e. The lowest BCUT2D eigenvalue weighted by molar-refractivity contribution is -0.150. The van der Waals surface area contributed by atoms with Crippen molar-refractivity contribution in [2.24, 2.45) is 11.8 Å². The molecule has 1 rings (SSSR count). The molecule has 170 valence electrons. The summed E-state index contributed by atoms with van der Waals surface area (Å²) in [7, 11) is 0. The Morgan fingerprint density at radius 3 is 2.43 bits per heavy atom. The Bertz CT molecular complexity index is 665. The third-order valence-electron chi connectivity index (χ3n) is 5.53. The van der Waals surface area contributed by atoms with Gasteiger partial charge in [0, 0.05) is 18.9 Å². The molecule has 0 bridgehead atoms. The average molecular weight is 441 g/mol. The van der Waals surface area contributed by atoms with E-state index in [4.69, 9.17) is 21.4 Å². The van der Waals surface area contributed by atoms with Gasteiger partial charge in [-0.1, -0.05) is 64.1 Å². The molecule has 0 aliphatic heterocycles. The zero-order chi connectivity index (χ0) is 22.7. The molecule has 2 unspecified atom stereocenters. The van der Waals surface area contributed by atoms with Gasteiger partial charge in [0.25, 0.3) is 0 Å². The highest BCUT2D eigenvalue weighted by Gasteiger charge is 2.45. The molecule has 0 aromatic rings. The lowest BCUT2D eigenvalue weighted by Crippen LogP contribution is -2.34. The summed E-state index contributed by atoms with van der Waals surface area (Å²) in [5.41, 5.74) is -0.650. The van der Waals surface area contributed by atoms with Crippen molar-refractivity contribution in [1.82, 2.24) is 0 Å². The second-order valence-electron chi connectivity index (χ2n) is 8.88. The second-order valence-corrected chi connectivity index (χ2v) is 9.29. The molecule has 30 heavy (non-hydrogen) atoms. The van der Waals surface area contributed by atoms with E-state index in [-0.39, 0.29) is 17.2 Å². The van der Waals surface area contributed by atoms with Gasteiger partial charge in [-0.25, -0.2) is 0 Å². The Balaban J connectivity index is 2.82. The maximum atomic E-state index is 12.7. The summed E-state index contributed by atoms with van der Waals surface area (Å²) in [4.78, 5) is 35.1. The Morgan fingerprint density at radius 1 is 1.13 bits per heavy atom. The molecular weight excluding hydrogens is 404 g/mol. The number of ether oxygens (including phenoxy) is 1. The van der Waals surface area contributed by atoms with Crippen molar-refractivity contribution in [2.45, 2.75) is 97.5 Å². The number of hydrogen-bond acceptors (Lipinski definition) is 4. The Labute approximate surface area is 185 Å². The van der Waals surface area contributed by atoms with E-state index in [9.17, 15) is 14.4 Å². The van der Waals surface area contributed by atoms with Crippen LogP contribution in [0.2, 0.25) is 0 Å². The van der Waals surface area contributed by atoms with Crippen LogP contribution in [0.15, 0.2) is 22.8 Å². The summed E-state index contributed by atoms with van der Waals surface area (Å²) in [5.74, 6) is -0.381. The number of hydrogen-bond donors (Lipinski definition) is 1. The van der Waals surface area contributed by atoms with Crippen molar-refractivity contribution < 1.29 is 24.2 Å². The van der Waals surface area contributed by atoms with Gasteiger partial charge < -0.3 is 9.84 Å². The molecule has 2 atom stereocenters. The number of unbranched alkanes of at least 4 members (excludes halogenated alkanes) is 3. The lowest BCUT2D eigenvalue weighted by Gasteiger charge is -2.29. The summed E-state index contributed by atoms with van der Waals surface area (Å²) >= 11 is 6.17. The number of halogens is 1. The highest BCUT2D eigenvalue weighted by atomic mass is 35.5. The van der Waals surface area contributed by atoms with Gasteiger partial charge in [-0.3, -0.25) is 14.4 Å². The topological polar surface area (TPSA) is 80.7 Å². The van der Waals surface area contributed by atoms with Crippen molar-refractivity contribution in [3.63, 3.8) is 0 Å². The predicted octanol–water partition coefficient (Wildman–Crippen LogP) is 6.20. The van der Waals surface area contributed by atoms with Gasteiger partial charge in [0.2, 0.25) is 5.78 Å². The summed E-state index contributed by atoms with van der Waals surface area (Å²) in [6.45, 7) is 7.98. The molecule has 0 amide bonds. The van der Waals surface area contributed by atoms with Gasteiger partial charge in [0.05, 0.1) is 5.03 Å². The van der Waals surface area contributed by atoms with E-state index >= 15 is 0 Å². The zero-order valence-corrected chi connectivity index (χ0v) is 19.6. The number of carboxylic acids is 1. The van der Waals surface area contributed by atoms with E-state index < -0.39 is 17.5 Å². The zero-order valence-electron chi connectivity index (χ0n) is 18.8. The highest BCUT2D eigenvalue weighted by Crippen LogP contribution is 2.41. The van der Waals surface area contributed by atoms with Crippen LogP contribution in [0.5, 0.6) is 0 Å². The first kappa shape index (κ1) is 26.4. The van der Waals surface area contributed by atoms with Crippen LogP contribution in [0.1, 0.15) is 91.9 Å². The fourth-order valence-electron chi connectivity index (χ4n) is 3.86. The predicted molar refractivity (Wildman–Crippen MR) is 119 cm³/mol. The molecule has 0 aromatic carbocycles. The van der Waals surface area contributed by atoms with E-state index in [1.165, 1.54) is 13.3 Å². The van der Waals surface area contributed by atoms with E-state index in [1.54, 1.807) is 6.08 Å². The fourth-order valence-corrected chi connectivity index (χ4v) is 4.13. The maximum Gasteiger partial charge on any atom is 0.303 e. The Morgan fingerprint density at radius 2 is 1.83 bits per heavy atom. The molecule has 0 fully saturated rings. The second kappa shape index (κ2) is 12.9. The Kier molecular flexibility index (Phi) is 11.4. The first-order chi connectivity index (χ1) is 14.1. The number of allylic oxidation sites excluding steroid dienone is 2. The van der Waals surface area contributed by atoms with Crippen molar-refractivity contribution in [3.8, 4) is 0 Å². The van der Waals surface area contributed by atoms with Crippen LogP contribution >= 0.6 is 11.6 Å². The maximum absolute atomic E-state index is 12.7. The van der Waals surface area contributed by atoms with Gasteiger partial charge in [0.15, 0.2) is 5.60 Å². The van der Waals surface area contributed by atoms with E-state index in [1.807, 2.05) is 6.08 Å². The summed E-state index contributed by atoms with van der Waals surface area (Å²) in [6.07, 6.45) is 11.1. The number of esters is 1. The van der Waals surface area contributed by atoms with E-state index in [0.29, 0.717) is 36.7 Å². The average Bonchev–Trinajstić information content (AvgIpc) is 2.86. The molecule has 1 aliphatic carbocycles. The molecule has 0 saturated heterocycles. The van der Waals surface area contributed by atoms with Gasteiger partial charge in [-0.15, -0.1) is 0 Å². The minimum atomic E-state index is -1.09. The van der Waals surface area contributed by atoms with E-state index in [2.05, 4.69) is 20.8 Å². The number of aliphatic carboxylic acids is 1. The standard InChI is InChI=1S/C24H37ClO5/c1-17(2)10-9-11-18(3)14-15-24(30-19(4)26)16-21(25)23(29)20(24)12-7-5-6-8-13-22(27)28/h12,16-18H,5-11,13-15H2,1-4H3,(H,27,28). The first-order valence-corrected chi connectivity index (χ1v) is 11.5.